The van der Waals surface area contributed by atoms with Crippen LogP contribution in [0.1, 0.15) is 23.0 Å². The number of rotatable bonds is 4. The van der Waals surface area contributed by atoms with Gasteiger partial charge in [-0.25, -0.2) is 0 Å². The minimum atomic E-state index is -4.36. The van der Waals surface area contributed by atoms with E-state index >= 15 is 0 Å². The first kappa shape index (κ1) is 15.1. The molecule has 1 N–H and O–H groups in total. The normalized spacial score (nSPS) is 11.7. The molecule has 114 valence electrons. The Kier molecular flexibility index (Phi) is 4.01. The number of amides is 1. The summed E-state index contributed by atoms with van der Waals surface area (Å²) in [5.41, 5.74) is 1.13. The molecule has 0 radical (unpaired) electrons. The number of nitrogens with one attached hydrogen (secondary N) is 1. The largest absolute Gasteiger partial charge is 0.408 e. The highest BCUT2D eigenvalue weighted by Gasteiger charge is 2.28. The zero-order valence-corrected chi connectivity index (χ0v) is 11.5. The molecule has 21 heavy (non-hydrogen) atoms. The van der Waals surface area contributed by atoms with E-state index in [0.29, 0.717) is 17.8 Å². The predicted octanol–water partition coefficient (Wildman–Crippen LogP) is 2.22. The van der Waals surface area contributed by atoms with E-state index in [-0.39, 0.29) is 5.69 Å². The van der Waals surface area contributed by atoms with Crippen LogP contribution in [0.3, 0.4) is 0 Å². The molecule has 2 rings (SSSR count). The van der Waals surface area contributed by atoms with Crippen LogP contribution in [0.2, 0.25) is 0 Å². The second kappa shape index (κ2) is 5.58. The molecule has 9 heteroatoms. The van der Waals surface area contributed by atoms with Crippen LogP contribution in [0.15, 0.2) is 18.6 Å². The highest BCUT2D eigenvalue weighted by atomic mass is 19.4. The number of halogens is 3. The molecular formula is C12H14F3N5O. The van der Waals surface area contributed by atoms with E-state index in [1.165, 1.54) is 6.20 Å². The predicted molar refractivity (Wildman–Crippen MR) is 68.9 cm³/mol. The third-order valence-corrected chi connectivity index (χ3v) is 2.75. The van der Waals surface area contributed by atoms with Crippen molar-refractivity contribution in [1.82, 2.24) is 19.6 Å². The van der Waals surface area contributed by atoms with Crippen LogP contribution in [0.4, 0.5) is 18.9 Å². The summed E-state index contributed by atoms with van der Waals surface area (Å²) in [5.74, 6) is -0.432. The van der Waals surface area contributed by atoms with E-state index < -0.39 is 18.6 Å². The maximum atomic E-state index is 12.2. The van der Waals surface area contributed by atoms with Crippen molar-refractivity contribution < 1.29 is 18.0 Å². The lowest BCUT2D eigenvalue weighted by molar-refractivity contribution is -0.142. The zero-order chi connectivity index (χ0) is 15.6. The van der Waals surface area contributed by atoms with Crippen molar-refractivity contribution in [2.24, 2.45) is 0 Å². The van der Waals surface area contributed by atoms with Crippen molar-refractivity contribution in [3.63, 3.8) is 0 Å². The van der Waals surface area contributed by atoms with Gasteiger partial charge >= 0.3 is 6.18 Å². The van der Waals surface area contributed by atoms with Crippen molar-refractivity contribution in [2.45, 2.75) is 33.1 Å². The summed E-state index contributed by atoms with van der Waals surface area (Å²) >= 11 is 0. The summed E-state index contributed by atoms with van der Waals surface area (Å²) < 4.78 is 39.0. The quantitative estimate of drug-likeness (QED) is 0.941. The number of aryl methyl sites for hydroxylation is 2. The number of anilines is 1. The topological polar surface area (TPSA) is 64.7 Å². The van der Waals surface area contributed by atoms with Gasteiger partial charge in [-0.3, -0.25) is 14.2 Å². The Balaban J connectivity index is 2.07. The molecule has 0 aromatic carbocycles. The zero-order valence-electron chi connectivity index (χ0n) is 11.5. The third-order valence-electron chi connectivity index (χ3n) is 2.75. The highest BCUT2D eigenvalue weighted by molar-refractivity contribution is 6.04. The Bertz CT molecular complexity index is 644. The lowest BCUT2D eigenvalue weighted by Gasteiger charge is -2.05. The first-order valence-corrected chi connectivity index (χ1v) is 6.23. The van der Waals surface area contributed by atoms with E-state index in [9.17, 15) is 18.0 Å². The molecule has 0 spiro atoms. The van der Waals surface area contributed by atoms with Gasteiger partial charge < -0.3 is 5.32 Å². The number of carbonyl (C=O) groups excluding carboxylic acids is 1. The van der Waals surface area contributed by atoms with Crippen molar-refractivity contribution in [3.05, 3.63) is 29.8 Å². The first-order chi connectivity index (χ1) is 9.78. The second-order valence-corrected chi connectivity index (χ2v) is 4.48. The van der Waals surface area contributed by atoms with E-state index in [1.54, 1.807) is 17.8 Å². The van der Waals surface area contributed by atoms with E-state index in [0.717, 1.165) is 10.9 Å². The summed E-state index contributed by atoms with van der Waals surface area (Å²) in [7, 11) is 0. The summed E-state index contributed by atoms with van der Waals surface area (Å²) in [6, 6.07) is 0. The summed E-state index contributed by atoms with van der Waals surface area (Å²) in [6.07, 6.45) is -0.467. The van der Waals surface area contributed by atoms with E-state index in [2.05, 4.69) is 15.5 Å². The van der Waals surface area contributed by atoms with Gasteiger partial charge in [-0.2, -0.15) is 23.4 Å². The SMILES string of the molecule is CCn1cc(C(=O)Nc2cnn(CC(F)(F)F)c2)c(C)n1. The first-order valence-electron chi connectivity index (χ1n) is 6.23. The van der Waals surface area contributed by atoms with Gasteiger partial charge in [0.05, 0.1) is 23.1 Å². The van der Waals surface area contributed by atoms with Crippen molar-refractivity contribution in [2.75, 3.05) is 5.32 Å². The van der Waals surface area contributed by atoms with Gasteiger partial charge in [0.15, 0.2) is 0 Å². The monoisotopic (exact) mass is 301 g/mol. The van der Waals surface area contributed by atoms with Crippen molar-refractivity contribution >= 4 is 11.6 Å². The molecule has 0 aliphatic heterocycles. The number of alkyl halides is 3. The molecule has 0 fully saturated rings. The van der Waals surface area contributed by atoms with Crippen LogP contribution in [0.25, 0.3) is 0 Å². The highest BCUT2D eigenvalue weighted by Crippen LogP contribution is 2.18. The van der Waals surface area contributed by atoms with Crippen molar-refractivity contribution in [3.8, 4) is 0 Å². The lowest BCUT2D eigenvalue weighted by Crippen LogP contribution is -2.18. The molecule has 1 amide bonds. The third kappa shape index (κ3) is 3.83. The van der Waals surface area contributed by atoms with Crippen LogP contribution in [-0.2, 0) is 13.1 Å². The molecule has 0 saturated carbocycles. The van der Waals surface area contributed by atoms with Gasteiger partial charge in [0.25, 0.3) is 5.91 Å². The molecule has 0 aliphatic rings. The van der Waals surface area contributed by atoms with Gasteiger partial charge in [0, 0.05) is 18.9 Å². The fraction of sp³-hybridized carbons (Fsp3) is 0.417. The van der Waals surface area contributed by atoms with Crippen LogP contribution in [0, 0.1) is 6.92 Å². The Morgan fingerprint density at radius 2 is 2.05 bits per heavy atom. The molecule has 6 nitrogen and oxygen atoms in total. The summed E-state index contributed by atoms with van der Waals surface area (Å²) in [4.78, 5) is 12.0. The van der Waals surface area contributed by atoms with E-state index in [1.807, 2.05) is 6.92 Å². The molecule has 0 bridgehead atoms. The molecule has 0 unspecified atom stereocenters. The molecule has 0 atom stereocenters. The number of hydrogen-bond acceptors (Lipinski definition) is 3. The number of hydrogen-bond donors (Lipinski definition) is 1. The molecule has 2 aromatic heterocycles. The Morgan fingerprint density at radius 3 is 2.62 bits per heavy atom. The number of carbonyl (C=O) groups is 1. The molecular weight excluding hydrogens is 287 g/mol. The standard InChI is InChI=1S/C12H14F3N5O/c1-3-19-6-10(8(2)18-19)11(21)17-9-4-16-20(5-9)7-12(13,14)15/h4-6H,3,7H2,1-2H3,(H,17,21). The van der Waals surface area contributed by atoms with Gasteiger partial charge in [-0.1, -0.05) is 0 Å². The Hall–Kier alpha value is -2.32. The fourth-order valence-electron chi connectivity index (χ4n) is 1.80. The van der Waals surface area contributed by atoms with Crippen molar-refractivity contribution in [1.29, 1.82) is 0 Å². The maximum absolute atomic E-state index is 12.2. The van der Waals surface area contributed by atoms with Gasteiger partial charge in [-0.05, 0) is 13.8 Å². The number of nitrogens with zero attached hydrogens (tertiary/aromatic N) is 4. The lowest BCUT2D eigenvalue weighted by atomic mass is 10.2. The van der Waals surface area contributed by atoms with Crippen LogP contribution in [-0.4, -0.2) is 31.6 Å². The Labute approximate surface area is 118 Å². The smallest absolute Gasteiger partial charge is 0.319 e. The van der Waals surface area contributed by atoms with Gasteiger partial charge in [0.1, 0.15) is 6.54 Å². The molecule has 0 saturated heterocycles. The average Bonchev–Trinajstić information content (AvgIpc) is 2.94. The molecule has 2 aromatic rings. The summed E-state index contributed by atoms with van der Waals surface area (Å²) in [6.45, 7) is 3.00. The van der Waals surface area contributed by atoms with Crippen LogP contribution >= 0.6 is 0 Å². The van der Waals surface area contributed by atoms with Crippen LogP contribution in [0.5, 0.6) is 0 Å². The maximum Gasteiger partial charge on any atom is 0.408 e. The second-order valence-electron chi connectivity index (χ2n) is 4.48. The molecule has 2 heterocycles. The fourth-order valence-corrected chi connectivity index (χ4v) is 1.80. The Morgan fingerprint density at radius 1 is 1.33 bits per heavy atom. The van der Waals surface area contributed by atoms with Gasteiger partial charge in [-0.15, -0.1) is 0 Å². The average molecular weight is 301 g/mol. The summed E-state index contributed by atoms with van der Waals surface area (Å²) in [5, 5.41) is 10.2. The van der Waals surface area contributed by atoms with E-state index in [4.69, 9.17) is 0 Å². The molecule has 0 aliphatic carbocycles. The minimum absolute atomic E-state index is 0.202. The number of aromatic nitrogens is 4. The minimum Gasteiger partial charge on any atom is -0.319 e. The van der Waals surface area contributed by atoms with Crippen LogP contribution < -0.4 is 5.32 Å². The van der Waals surface area contributed by atoms with Gasteiger partial charge in [0.2, 0.25) is 0 Å².